The van der Waals surface area contributed by atoms with E-state index in [1.165, 1.54) is 12.1 Å². The number of aryl methyl sites for hydroxylation is 2. The molecular formula is C20H21N3O4S. The summed E-state index contributed by atoms with van der Waals surface area (Å²) in [5.74, 6) is 1.04. The lowest BCUT2D eigenvalue weighted by Crippen LogP contribution is -2.12. The predicted octanol–water partition coefficient (Wildman–Crippen LogP) is 4.09. The Morgan fingerprint density at radius 1 is 0.929 bits per heavy atom. The minimum Gasteiger partial charge on any atom is -0.494 e. The van der Waals surface area contributed by atoms with E-state index in [1.54, 1.807) is 36.4 Å². The Balaban J connectivity index is 1.77. The van der Waals surface area contributed by atoms with Crippen LogP contribution in [0.1, 0.15) is 18.3 Å². The standard InChI is InChI=1S/C20H21N3O4S/c1-4-26-17-8-10-19(11-9-17)28(24,25)23-16-6-5-7-18(13-16)27-20-21-14(2)12-15(3)22-20/h5-13,23H,4H2,1-3H3. The van der Waals surface area contributed by atoms with Crippen LogP contribution < -0.4 is 14.2 Å². The Morgan fingerprint density at radius 2 is 1.61 bits per heavy atom. The summed E-state index contributed by atoms with van der Waals surface area (Å²) in [6, 6.07) is 14.9. The molecule has 1 heterocycles. The second-order valence-corrected chi connectivity index (χ2v) is 7.76. The fourth-order valence-electron chi connectivity index (χ4n) is 2.56. The molecule has 28 heavy (non-hydrogen) atoms. The molecule has 0 fully saturated rings. The molecule has 2 aromatic carbocycles. The maximum absolute atomic E-state index is 12.6. The summed E-state index contributed by atoms with van der Waals surface area (Å²) in [4.78, 5) is 8.58. The summed E-state index contributed by atoms with van der Waals surface area (Å²) in [5, 5.41) is 0. The molecule has 0 radical (unpaired) electrons. The topological polar surface area (TPSA) is 90.4 Å². The zero-order valence-corrected chi connectivity index (χ0v) is 16.7. The van der Waals surface area contributed by atoms with Gasteiger partial charge in [-0.05, 0) is 63.2 Å². The predicted molar refractivity (Wildman–Crippen MR) is 106 cm³/mol. The van der Waals surface area contributed by atoms with Gasteiger partial charge in [-0.15, -0.1) is 0 Å². The van der Waals surface area contributed by atoms with Crippen LogP contribution in [-0.4, -0.2) is 25.0 Å². The molecule has 0 unspecified atom stereocenters. The molecule has 0 saturated heterocycles. The van der Waals surface area contributed by atoms with Gasteiger partial charge in [-0.25, -0.2) is 18.4 Å². The van der Waals surface area contributed by atoms with Crippen LogP contribution in [0.15, 0.2) is 59.5 Å². The van der Waals surface area contributed by atoms with E-state index in [-0.39, 0.29) is 10.9 Å². The van der Waals surface area contributed by atoms with Crippen molar-refractivity contribution in [3.05, 3.63) is 66.0 Å². The number of anilines is 1. The van der Waals surface area contributed by atoms with Crippen LogP contribution in [0.3, 0.4) is 0 Å². The first-order valence-corrected chi connectivity index (χ1v) is 10.2. The van der Waals surface area contributed by atoms with E-state index >= 15 is 0 Å². The number of ether oxygens (including phenoxy) is 2. The van der Waals surface area contributed by atoms with Gasteiger partial charge in [-0.1, -0.05) is 6.07 Å². The Morgan fingerprint density at radius 3 is 2.25 bits per heavy atom. The van der Waals surface area contributed by atoms with Crippen molar-refractivity contribution in [2.45, 2.75) is 25.7 Å². The van der Waals surface area contributed by atoms with Gasteiger partial charge in [0.15, 0.2) is 0 Å². The monoisotopic (exact) mass is 399 g/mol. The van der Waals surface area contributed by atoms with E-state index in [0.29, 0.717) is 23.8 Å². The first-order valence-electron chi connectivity index (χ1n) is 8.71. The third-order valence-electron chi connectivity index (χ3n) is 3.70. The van der Waals surface area contributed by atoms with Crippen LogP contribution >= 0.6 is 0 Å². The zero-order valence-electron chi connectivity index (χ0n) is 15.8. The van der Waals surface area contributed by atoms with Crippen LogP contribution in [-0.2, 0) is 10.0 Å². The maximum atomic E-state index is 12.6. The number of hydrogen-bond acceptors (Lipinski definition) is 6. The summed E-state index contributed by atoms with van der Waals surface area (Å²) in [7, 11) is -3.74. The first-order chi connectivity index (χ1) is 13.4. The summed E-state index contributed by atoms with van der Waals surface area (Å²) >= 11 is 0. The number of sulfonamides is 1. The molecule has 1 N–H and O–H groups in total. The molecular weight excluding hydrogens is 378 g/mol. The van der Waals surface area contributed by atoms with Crippen LogP contribution in [0.25, 0.3) is 0 Å². The van der Waals surface area contributed by atoms with E-state index in [0.717, 1.165) is 11.4 Å². The SMILES string of the molecule is CCOc1ccc(S(=O)(=O)Nc2cccc(Oc3nc(C)cc(C)n3)c2)cc1. The van der Waals surface area contributed by atoms with Gasteiger partial charge in [0.1, 0.15) is 11.5 Å². The van der Waals surface area contributed by atoms with Gasteiger partial charge in [0.2, 0.25) is 0 Å². The third kappa shape index (κ3) is 4.98. The summed E-state index contributed by atoms with van der Waals surface area (Å²) in [5.41, 5.74) is 1.94. The third-order valence-corrected chi connectivity index (χ3v) is 5.10. The second kappa shape index (κ2) is 8.26. The Labute approximate surface area is 164 Å². The first kappa shape index (κ1) is 19.6. The lowest BCUT2D eigenvalue weighted by atomic mass is 10.3. The van der Waals surface area contributed by atoms with Crippen molar-refractivity contribution in [3.63, 3.8) is 0 Å². The average Bonchev–Trinajstić information content (AvgIpc) is 2.61. The van der Waals surface area contributed by atoms with Crippen molar-refractivity contribution < 1.29 is 17.9 Å². The molecule has 0 amide bonds. The molecule has 7 nitrogen and oxygen atoms in total. The molecule has 0 aliphatic carbocycles. The van der Waals surface area contributed by atoms with E-state index in [1.807, 2.05) is 26.8 Å². The number of hydrogen-bond donors (Lipinski definition) is 1. The van der Waals surface area contributed by atoms with Gasteiger partial charge < -0.3 is 9.47 Å². The van der Waals surface area contributed by atoms with Gasteiger partial charge >= 0.3 is 6.01 Å². The highest BCUT2D eigenvalue weighted by Gasteiger charge is 2.15. The number of aromatic nitrogens is 2. The fraction of sp³-hybridized carbons (Fsp3) is 0.200. The summed E-state index contributed by atoms with van der Waals surface area (Å²) in [6.45, 7) is 6.08. The highest BCUT2D eigenvalue weighted by Crippen LogP contribution is 2.25. The van der Waals surface area contributed by atoms with Gasteiger partial charge in [0, 0.05) is 17.5 Å². The zero-order chi connectivity index (χ0) is 20.1. The van der Waals surface area contributed by atoms with E-state index in [9.17, 15) is 8.42 Å². The van der Waals surface area contributed by atoms with Gasteiger partial charge in [0.25, 0.3) is 10.0 Å². The van der Waals surface area contributed by atoms with Crippen molar-refractivity contribution >= 4 is 15.7 Å². The van der Waals surface area contributed by atoms with Crippen molar-refractivity contribution in [2.75, 3.05) is 11.3 Å². The number of nitrogens with one attached hydrogen (secondary N) is 1. The summed E-state index contributed by atoms with van der Waals surface area (Å²) < 4.78 is 38.8. The summed E-state index contributed by atoms with van der Waals surface area (Å²) in [6.07, 6.45) is 0. The Bertz CT molecular complexity index is 1050. The van der Waals surface area contributed by atoms with Crippen molar-refractivity contribution in [1.82, 2.24) is 9.97 Å². The minimum absolute atomic E-state index is 0.139. The quantitative estimate of drug-likeness (QED) is 0.644. The minimum atomic E-state index is -3.74. The van der Waals surface area contributed by atoms with Crippen LogP contribution in [0.4, 0.5) is 5.69 Å². The number of nitrogens with zero attached hydrogens (tertiary/aromatic N) is 2. The molecule has 3 rings (SSSR count). The van der Waals surface area contributed by atoms with E-state index in [2.05, 4.69) is 14.7 Å². The van der Waals surface area contributed by atoms with E-state index in [4.69, 9.17) is 9.47 Å². The lowest BCUT2D eigenvalue weighted by Gasteiger charge is -2.11. The Kier molecular flexibility index (Phi) is 5.79. The van der Waals surface area contributed by atoms with Crippen molar-refractivity contribution in [3.8, 4) is 17.5 Å². The average molecular weight is 399 g/mol. The molecule has 0 aliphatic heterocycles. The van der Waals surface area contributed by atoms with Crippen molar-refractivity contribution in [2.24, 2.45) is 0 Å². The largest absolute Gasteiger partial charge is 0.494 e. The lowest BCUT2D eigenvalue weighted by molar-refractivity contribution is 0.340. The second-order valence-electron chi connectivity index (χ2n) is 6.07. The highest BCUT2D eigenvalue weighted by atomic mass is 32.2. The maximum Gasteiger partial charge on any atom is 0.322 e. The van der Waals surface area contributed by atoms with Crippen molar-refractivity contribution in [1.29, 1.82) is 0 Å². The van der Waals surface area contributed by atoms with Crippen LogP contribution in [0.5, 0.6) is 17.5 Å². The molecule has 0 saturated carbocycles. The van der Waals surface area contributed by atoms with Gasteiger partial charge in [0.05, 0.1) is 17.2 Å². The molecule has 0 aliphatic rings. The molecule has 1 aromatic heterocycles. The van der Waals surface area contributed by atoms with Gasteiger partial charge in [-0.3, -0.25) is 4.72 Å². The molecule has 0 atom stereocenters. The number of benzene rings is 2. The highest BCUT2D eigenvalue weighted by molar-refractivity contribution is 7.92. The Hall–Kier alpha value is -3.13. The smallest absolute Gasteiger partial charge is 0.322 e. The number of rotatable bonds is 7. The van der Waals surface area contributed by atoms with Gasteiger partial charge in [-0.2, -0.15) is 0 Å². The normalized spacial score (nSPS) is 11.1. The molecule has 0 spiro atoms. The van der Waals surface area contributed by atoms with Crippen LogP contribution in [0, 0.1) is 13.8 Å². The van der Waals surface area contributed by atoms with E-state index < -0.39 is 10.0 Å². The fourth-order valence-corrected chi connectivity index (χ4v) is 3.61. The molecule has 146 valence electrons. The molecule has 8 heteroatoms. The molecule has 3 aromatic rings. The molecule has 0 bridgehead atoms. The van der Waals surface area contributed by atoms with Crippen LogP contribution in [0.2, 0.25) is 0 Å².